The number of furan rings is 1. The van der Waals surface area contributed by atoms with Crippen LogP contribution in [0.4, 0.5) is 0 Å². The third-order valence-electron chi connectivity index (χ3n) is 3.98. The molecule has 2 heterocycles. The Morgan fingerprint density at radius 3 is 2.68 bits per heavy atom. The molecule has 4 nitrogen and oxygen atoms in total. The third kappa shape index (κ3) is 2.41. The molecule has 2 atom stereocenters. The van der Waals surface area contributed by atoms with Gasteiger partial charge in [0.1, 0.15) is 5.78 Å². The molecule has 1 aliphatic carbocycles. The molecule has 1 aliphatic heterocycles. The second-order valence-corrected chi connectivity index (χ2v) is 5.89. The molecule has 0 aromatic carbocycles. The van der Waals surface area contributed by atoms with Crippen molar-refractivity contribution in [2.24, 2.45) is 5.92 Å². The Hall–Kier alpha value is -1.29. The standard InChI is InChI=1S/C14H16ClNO3/c1-8-6-10(17)7-11(9-2-3-9)16(8)14(18)12-4-5-13(15)19-12/h4-5,8-9,11H,2-3,6-7H2,1H3. The smallest absolute Gasteiger partial charge is 0.290 e. The van der Waals surface area contributed by atoms with Crippen molar-refractivity contribution in [3.05, 3.63) is 23.1 Å². The summed E-state index contributed by atoms with van der Waals surface area (Å²) in [4.78, 5) is 26.1. The Bertz CT molecular complexity index is 521. The van der Waals surface area contributed by atoms with Crippen LogP contribution in [0.25, 0.3) is 0 Å². The summed E-state index contributed by atoms with van der Waals surface area (Å²) in [6.07, 6.45) is 3.12. The largest absolute Gasteiger partial charge is 0.440 e. The summed E-state index contributed by atoms with van der Waals surface area (Å²) >= 11 is 5.72. The fourth-order valence-electron chi connectivity index (χ4n) is 2.95. The predicted molar refractivity (Wildman–Crippen MR) is 70.1 cm³/mol. The zero-order valence-electron chi connectivity index (χ0n) is 10.8. The molecule has 0 spiro atoms. The monoisotopic (exact) mass is 281 g/mol. The van der Waals surface area contributed by atoms with Crippen LogP contribution in [-0.2, 0) is 4.79 Å². The number of likely N-dealkylation sites (tertiary alicyclic amines) is 1. The zero-order valence-corrected chi connectivity index (χ0v) is 11.5. The molecular formula is C14H16ClNO3. The molecule has 0 bridgehead atoms. The number of hydrogen-bond acceptors (Lipinski definition) is 3. The van der Waals surface area contributed by atoms with E-state index in [0.29, 0.717) is 18.8 Å². The Labute approximate surface area is 116 Å². The molecule has 2 fully saturated rings. The number of Topliss-reactive ketones (excluding diaryl/α,β-unsaturated/α-hetero) is 1. The maximum absolute atomic E-state index is 12.5. The van der Waals surface area contributed by atoms with Crippen molar-refractivity contribution in [1.82, 2.24) is 4.90 Å². The number of ketones is 1. The first-order valence-electron chi connectivity index (χ1n) is 6.66. The molecule has 2 unspecified atom stereocenters. The average molecular weight is 282 g/mol. The summed E-state index contributed by atoms with van der Waals surface area (Å²) in [7, 11) is 0. The molecule has 5 heteroatoms. The van der Waals surface area contributed by atoms with Crippen LogP contribution in [0.1, 0.15) is 43.2 Å². The van der Waals surface area contributed by atoms with Crippen molar-refractivity contribution >= 4 is 23.3 Å². The number of hydrogen-bond donors (Lipinski definition) is 0. The Morgan fingerprint density at radius 2 is 2.11 bits per heavy atom. The van der Waals surface area contributed by atoms with Crippen molar-refractivity contribution in [1.29, 1.82) is 0 Å². The quantitative estimate of drug-likeness (QED) is 0.837. The van der Waals surface area contributed by atoms with E-state index in [2.05, 4.69) is 0 Å². The van der Waals surface area contributed by atoms with Gasteiger partial charge in [-0.1, -0.05) is 0 Å². The molecule has 1 saturated carbocycles. The van der Waals surface area contributed by atoms with E-state index in [0.717, 1.165) is 12.8 Å². The molecule has 19 heavy (non-hydrogen) atoms. The highest BCUT2D eigenvalue weighted by Gasteiger charge is 2.44. The molecule has 3 rings (SSSR count). The van der Waals surface area contributed by atoms with E-state index in [-0.39, 0.29) is 34.8 Å². The van der Waals surface area contributed by atoms with Gasteiger partial charge in [-0.2, -0.15) is 0 Å². The molecule has 1 saturated heterocycles. The minimum Gasteiger partial charge on any atom is -0.440 e. The van der Waals surface area contributed by atoms with Crippen LogP contribution in [0.15, 0.2) is 16.5 Å². The Kier molecular flexibility index (Phi) is 3.13. The van der Waals surface area contributed by atoms with Crippen molar-refractivity contribution in [3.63, 3.8) is 0 Å². The minimum atomic E-state index is -0.149. The van der Waals surface area contributed by atoms with Crippen LogP contribution in [0, 0.1) is 5.92 Å². The van der Waals surface area contributed by atoms with Gasteiger partial charge in [0.05, 0.1) is 0 Å². The van der Waals surface area contributed by atoms with E-state index in [1.54, 1.807) is 12.1 Å². The van der Waals surface area contributed by atoms with E-state index in [4.69, 9.17) is 16.0 Å². The molecule has 1 amide bonds. The Morgan fingerprint density at radius 1 is 1.37 bits per heavy atom. The third-order valence-corrected chi connectivity index (χ3v) is 4.18. The number of carbonyl (C=O) groups excluding carboxylic acids is 2. The van der Waals surface area contributed by atoms with Gasteiger partial charge in [-0.15, -0.1) is 0 Å². The molecule has 1 aromatic heterocycles. The van der Waals surface area contributed by atoms with Crippen LogP contribution in [0.3, 0.4) is 0 Å². The highest BCUT2D eigenvalue weighted by molar-refractivity contribution is 6.29. The second-order valence-electron chi connectivity index (χ2n) is 5.52. The summed E-state index contributed by atoms with van der Waals surface area (Å²) in [6.45, 7) is 1.93. The maximum Gasteiger partial charge on any atom is 0.290 e. The highest BCUT2D eigenvalue weighted by Crippen LogP contribution is 2.40. The van der Waals surface area contributed by atoms with Crippen molar-refractivity contribution in [3.8, 4) is 0 Å². The summed E-state index contributed by atoms with van der Waals surface area (Å²) < 4.78 is 5.21. The van der Waals surface area contributed by atoms with Crippen molar-refractivity contribution in [2.75, 3.05) is 0 Å². The van der Waals surface area contributed by atoms with Crippen LogP contribution in [0.2, 0.25) is 5.22 Å². The van der Waals surface area contributed by atoms with Crippen LogP contribution in [-0.4, -0.2) is 28.7 Å². The van der Waals surface area contributed by atoms with Crippen molar-refractivity contribution in [2.45, 2.75) is 44.7 Å². The molecule has 2 aliphatic rings. The lowest BCUT2D eigenvalue weighted by Gasteiger charge is -2.39. The van der Waals surface area contributed by atoms with Crippen LogP contribution < -0.4 is 0 Å². The van der Waals surface area contributed by atoms with Gasteiger partial charge in [0.25, 0.3) is 5.91 Å². The van der Waals surface area contributed by atoms with Gasteiger partial charge < -0.3 is 9.32 Å². The lowest BCUT2D eigenvalue weighted by atomic mass is 9.92. The lowest BCUT2D eigenvalue weighted by Crippen LogP contribution is -2.52. The van der Waals surface area contributed by atoms with Crippen molar-refractivity contribution < 1.29 is 14.0 Å². The first kappa shape index (κ1) is 12.7. The normalized spacial score (nSPS) is 27.7. The number of halogens is 1. The fourth-order valence-corrected chi connectivity index (χ4v) is 3.10. The predicted octanol–water partition coefficient (Wildman–Crippen LogP) is 2.91. The zero-order chi connectivity index (χ0) is 13.6. The summed E-state index contributed by atoms with van der Waals surface area (Å²) in [5.41, 5.74) is 0. The van der Waals surface area contributed by atoms with Gasteiger partial charge in [-0.05, 0) is 49.4 Å². The van der Waals surface area contributed by atoms with E-state index in [1.165, 1.54) is 0 Å². The number of nitrogens with zero attached hydrogens (tertiary/aromatic N) is 1. The second kappa shape index (κ2) is 4.67. The number of rotatable bonds is 2. The maximum atomic E-state index is 12.5. The van der Waals surface area contributed by atoms with Gasteiger partial charge in [0.2, 0.25) is 0 Å². The fraction of sp³-hybridized carbons (Fsp3) is 0.571. The Balaban J connectivity index is 1.87. The van der Waals surface area contributed by atoms with E-state index in [9.17, 15) is 9.59 Å². The number of carbonyl (C=O) groups is 2. The molecular weight excluding hydrogens is 266 g/mol. The molecule has 0 radical (unpaired) electrons. The highest BCUT2D eigenvalue weighted by atomic mass is 35.5. The van der Waals surface area contributed by atoms with Gasteiger partial charge in [0, 0.05) is 24.9 Å². The van der Waals surface area contributed by atoms with E-state index >= 15 is 0 Å². The van der Waals surface area contributed by atoms with Gasteiger partial charge in [-0.3, -0.25) is 9.59 Å². The van der Waals surface area contributed by atoms with Crippen LogP contribution in [0.5, 0.6) is 0 Å². The SMILES string of the molecule is CC1CC(=O)CC(C2CC2)N1C(=O)c1ccc(Cl)o1. The van der Waals surface area contributed by atoms with Gasteiger partial charge in [0.15, 0.2) is 11.0 Å². The molecule has 102 valence electrons. The lowest BCUT2D eigenvalue weighted by molar-refractivity contribution is -0.124. The summed E-state index contributed by atoms with van der Waals surface area (Å²) in [6, 6.07) is 3.13. The topological polar surface area (TPSA) is 50.5 Å². The van der Waals surface area contributed by atoms with Gasteiger partial charge >= 0.3 is 0 Å². The first-order chi connectivity index (χ1) is 9.06. The molecule has 1 aromatic rings. The number of amides is 1. The van der Waals surface area contributed by atoms with E-state index in [1.807, 2.05) is 11.8 Å². The van der Waals surface area contributed by atoms with E-state index < -0.39 is 0 Å². The number of piperidine rings is 1. The summed E-state index contributed by atoms with van der Waals surface area (Å²) in [5.74, 6) is 0.840. The molecule has 0 N–H and O–H groups in total. The first-order valence-corrected chi connectivity index (χ1v) is 7.03. The van der Waals surface area contributed by atoms with Crippen LogP contribution >= 0.6 is 11.6 Å². The van der Waals surface area contributed by atoms with Gasteiger partial charge in [-0.25, -0.2) is 0 Å². The average Bonchev–Trinajstić information content (AvgIpc) is 3.10. The minimum absolute atomic E-state index is 0.0348. The summed E-state index contributed by atoms with van der Waals surface area (Å²) in [5, 5.41) is 0.215.